The molecule has 1 amide bonds. The number of piperazine rings is 1. The third kappa shape index (κ3) is 3.67. The molecule has 1 aromatic heterocycles. The van der Waals surface area contributed by atoms with Crippen LogP contribution in [0, 0.1) is 0 Å². The molecule has 4 unspecified atom stereocenters. The average Bonchev–Trinajstić information content (AvgIpc) is 3.36. The first-order valence-electron chi connectivity index (χ1n) is 10.6. The Labute approximate surface area is 182 Å². The molecule has 10 heteroatoms. The molecule has 4 atom stereocenters. The highest BCUT2D eigenvalue weighted by atomic mass is 35.5. The van der Waals surface area contributed by atoms with Gasteiger partial charge in [0.15, 0.2) is 11.7 Å². The second-order valence-electron chi connectivity index (χ2n) is 8.61. The van der Waals surface area contributed by atoms with Crippen molar-refractivity contribution in [3.63, 3.8) is 0 Å². The number of halogens is 4. The second kappa shape index (κ2) is 7.70. The maximum Gasteiger partial charge on any atom is 0.410 e. The van der Waals surface area contributed by atoms with Crippen LogP contribution >= 0.6 is 11.6 Å². The highest BCUT2D eigenvalue weighted by Crippen LogP contribution is 2.46. The molecular weight excluding hydrogens is 431 g/mol. The Bertz CT molecular complexity index is 979. The molecule has 2 N–H and O–H groups in total. The first-order chi connectivity index (χ1) is 14.8. The summed E-state index contributed by atoms with van der Waals surface area (Å²) >= 11 is 6.47. The number of hydrogen-bond acceptors (Lipinski definition) is 3. The molecular formula is C21H24ClF3N5O+. The minimum atomic E-state index is -4.52. The predicted molar refractivity (Wildman–Crippen MR) is 109 cm³/mol. The predicted octanol–water partition coefficient (Wildman–Crippen LogP) is 2.70. The Kier molecular flexibility index (Phi) is 5.13. The van der Waals surface area contributed by atoms with Gasteiger partial charge in [-0.3, -0.25) is 4.79 Å². The highest BCUT2D eigenvalue weighted by Gasteiger charge is 2.48. The molecule has 3 aliphatic heterocycles. The van der Waals surface area contributed by atoms with Gasteiger partial charge in [0.05, 0.1) is 32.2 Å². The fourth-order valence-corrected chi connectivity index (χ4v) is 5.39. The van der Waals surface area contributed by atoms with Crippen molar-refractivity contribution in [2.75, 3.05) is 31.5 Å². The van der Waals surface area contributed by atoms with Crippen LogP contribution in [0.25, 0.3) is 0 Å². The highest BCUT2D eigenvalue weighted by molar-refractivity contribution is 6.36. The number of rotatable bonds is 2. The summed E-state index contributed by atoms with van der Waals surface area (Å²) in [6, 6.07) is 6.89. The molecule has 1 aromatic carbocycles. The molecule has 0 aliphatic carbocycles. The Morgan fingerprint density at radius 1 is 1.23 bits per heavy atom. The number of fused-ring (bicyclic) bond motifs is 2. The van der Waals surface area contributed by atoms with Gasteiger partial charge in [0.1, 0.15) is 16.9 Å². The lowest BCUT2D eigenvalue weighted by Crippen LogP contribution is -3.16. The maximum absolute atomic E-state index is 13.9. The van der Waals surface area contributed by atoms with E-state index in [1.165, 1.54) is 4.90 Å². The quantitative estimate of drug-likeness (QED) is 0.733. The number of amides is 1. The molecule has 166 valence electrons. The lowest BCUT2D eigenvalue weighted by atomic mass is 9.97. The molecule has 2 saturated heterocycles. The van der Waals surface area contributed by atoms with Crippen molar-refractivity contribution in [2.45, 2.75) is 43.6 Å². The molecule has 4 heterocycles. The van der Waals surface area contributed by atoms with Crippen LogP contribution in [0.1, 0.15) is 47.4 Å². The fraction of sp³-hybridized carbons (Fsp3) is 0.524. The van der Waals surface area contributed by atoms with E-state index in [0.717, 1.165) is 36.2 Å². The Balaban J connectivity index is 1.47. The van der Waals surface area contributed by atoms with E-state index in [9.17, 15) is 18.0 Å². The summed E-state index contributed by atoms with van der Waals surface area (Å²) in [7, 11) is 0. The molecule has 5 rings (SSSR count). The van der Waals surface area contributed by atoms with Crippen molar-refractivity contribution >= 4 is 23.3 Å². The van der Waals surface area contributed by atoms with E-state index in [1.54, 1.807) is 29.2 Å². The number of quaternary nitrogens is 1. The third-order valence-corrected chi connectivity index (χ3v) is 7.12. The summed E-state index contributed by atoms with van der Waals surface area (Å²) in [5.41, 5.74) is 0.627. The number of aromatic nitrogens is 2. The van der Waals surface area contributed by atoms with Crippen molar-refractivity contribution in [3.8, 4) is 0 Å². The number of hydrogen-bond donors (Lipinski definition) is 2. The zero-order valence-corrected chi connectivity index (χ0v) is 17.6. The van der Waals surface area contributed by atoms with Crippen molar-refractivity contribution in [1.82, 2.24) is 14.7 Å². The number of carbonyl (C=O) groups is 1. The minimum Gasteiger partial charge on any atom is -0.362 e. The van der Waals surface area contributed by atoms with Crippen LogP contribution in [-0.2, 0) is 0 Å². The van der Waals surface area contributed by atoms with Gasteiger partial charge in [-0.05, 0) is 5.56 Å². The third-order valence-electron chi connectivity index (χ3n) is 6.76. The summed E-state index contributed by atoms with van der Waals surface area (Å²) in [5.74, 6) is -0.339. The topological polar surface area (TPSA) is 54.6 Å². The van der Waals surface area contributed by atoms with Gasteiger partial charge < -0.3 is 15.1 Å². The molecule has 0 saturated carbocycles. The number of nitrogens with zero attached hydrogens (tertiary/aromatic N) is 3. The van der Waals surface area contributed by atoms with Crippen LogP contribution in [0.3, 0.4) is 0 Å². The Morgan fingerprint density at radius 2 is 2.00 bits per heavy atom. The van der Waals surface area contributed by atoms with Gasteiger partial charge >= 0.3 is 6.18 Å². The maximum atomic E-state index is 13.9. The standard InChI is InChI=1S/C21H23ClF3N5O/c22-17-18(20(31)29-10-9-28-8-4-7-14(28)12-29)27-30-16(21(23,24)25)11-15(26-19(17)30)13-5-2-1-3-6-13/h1-3,5-6,14-16,26H,4,7-12H2/p+1. The van der Waals surface area contributed by atoms with Crippen LogP contribution in [0.15, 0.2) is 30.3 Å². The van der Waals surface area contributed by atoms with Crippen molar-refractivity contribution in [2.24, 2.45) is 0 Å². The van der Waals surface area contributed by atoms with Crippen LogP contribution in [0.2, 0.25) is 5.02 Å². The summed E-state index contributed by atoms with van der Waals surface area (Å²) < 4.78 is 42.6. The lowest BCUT2D eigenvalue weighted by Gasteiger charge is -2.34. The molecule has 0 bridgehead atoms. The van der Waals surface area contributed by atoms with E-state index in [0.29, 0.717) is 19.1 Å². The van der Waals surface area contributed by atoms with E-state index in [4.69, 9.17) is 11.6 Å². The molecule has 0 radical (unpaired) electrons. The van der Waals surface area contributed by atoms with Crippen molar-refractivity contribution < 1.29 is 22.9 Å². The number of nitrogens with one attached hydrogen (secondary N) is 2. The van der Waals surface area contributed by atoms with E-state index >= 15 is 0 Å². The van der Waals surface area contributed by atoms with E-state index in [2.05, 4.69) is 10.4 Å². The normalized spacial score (nSPS) is 28.1. The molecule has 0 spiro atoms. The number of anilines is 1. The van der Waals surface area contributed by atoms with Crippen molar-refractivity contribution in [1.29, 1.82) is 0 Å². The number of carbonyl (C=O) groups excluding carboxylic acids is 1. The molecule has 31 heavy (non-hydrogen) atoms. The minimum absolute atomic E-state index is 0.0407. The fourth-order valence-electron chi connectivity index (χ4n) is 5.13. The van der Waals surface area contributed by atoms with Crippen LogP contribution in [-0.4, -0.2) is 59.0 Å². The largest absolute Gasteiger partial charge is 0.410 e. The van der Waals surface area contributed by atoms with Crippen molar-refractivity contribution in [3.05, 3.63) is 46.6 Å². The first kappa shape index (κ1) is 20.6. The Morgan fingerprint density at radius 3 is 2.74 bits per heavy atom. The van der Waals surface area contributed by atoms with Crippen LogP contribution < -0.4 is 10.2 Å². The lowest BCUT2D eigenvalue weighted by molar-refractivity contribution is -0.916. The zero-order valence-electron chi connectivity index (χ0n) is 16.8. The van der Waals surface area contributed by atoms with Gasteiger partial charge in [-0.1, -0.05) is 41.9 Å². The van der Waals surface area contributed by atoms with Crippen LogP contribution in [0.4, 0.5) is 19.0 Å². The van der Waals surface area contributed by atoms with Gasteiger partial charge in [0.25, 0.3) is 5.91 Å². The monoisotopic (exact) mass is 454 g/mol. The molecule has 3 aliphatic rings. The number of alkyl halides is 3. The van der Waals surface area contributed by atoms with Gasteiger partial charge in [-0.15, -0.1) is 0 Å². The van der Waals surface area contributed by atoms with Gasteiger partial charge in [0, 0.05) is 19.3 Å². The van der Waals surface area contributed by atoms with E-state index in [-0.39, 0.29) is 23.0 Å². The number of benzene rings is 1. The second-order valence-corrected chi connectivity index (χ2v) is 8.98. The zero-order chi connectivity index (χ0) is 21.8. The SMILES string of the molecule is O=C(c1nn2c(c1Cl)NC(c1ccccc1)CC2C(F)(F)F)N1CC[NH+]2CCCC2C1. The Hall–Kier alpha value is -2.26. The summed E-state index contributed by atoms with van der Waals surface area (Å²) in [5, 5.41) is 7.14. The average molecular weight is 455 g/mol. The van der Waals surface area contributed by atoms with Crippen LogP contribution in [0.5, 0.6) is 0 Å². The molecule has 2 fully saturated rings. The first-order valence-corrected chi connectivity index (χ1v) is 11.0. The molecule has 2 aromatic rings. The molecule has 6 nitrogen and oxygen atoms in total. The van der Waals surface area contributed by atoms with Gasteiger partial charge in [0.2, 0.25) is 0 Å². The van der Waals surface area contributed by atoms with E-state index < -0.39 is 24.2 Å². The summed E-state index contributed by atoms with van der Waals surface area (Å²) in [6.45, 7) is 3.12. The van der Waals surface area contributed by atoms with Gasteiger partial charge in [-0.25, -0.2) is 4.68 Å². The smallest absolute Gasteiger partial charge is 0.362 e. The summed E-state index contributed by atoms with van der Waals surface area (Å²) in [4.78, 5) is 16.4. The van der Waals surface area contributed by atoms with E-state index in [1.807, 2.05) is 6.07 Å². The summed E-state index contributed by atoms with van der Waals surface area (Å²) in [6.07, 6.45) is -2.54. The van der Waals surface area contributed by atoms with Gasteiger partial charge in [-0.2, -0.15) is 18.3 Å².